The van der Waals surface area contributed by atoms with Crippen molar-refractivity contribution in [3.8, 4) is 11.3 Å². The number of aromatic nitrogens is 1. The van der Waals surface area contributed by atoms with Crippen LogP contribution in [-0.2, 0) is 6.42 Å². The molecule has 0 aliphatic rings. The van der Waals surface area contributed by atoms with Gasteiger partial charge in [0.25, 0.3) is 0 Å². The van der Waals surface area contributed by atoms with Crippen molar-refractivity contribution < 1.29 is 9.50 Å². The third kappa shape index (κ3) is 2.25. The van der Waals surface area contributed by atoms with Gasteiger partial charge in [-0.15, -0.1) is 0 Å². The molecular formula is C16H13FNO. The van der Waals surface area contributed by atoms with E-state index in [9.17, 15) is 4.39 Å². The van der Waals surface area contributed by atoms with Crippen LogP contribution >= 0.6 is 0 Å². The summed E-state index contributed by atoms with van der Waals surface area (Å²) < 4.78 is 12.9. The van der Waals surface area contributed by atoms with Gasteiger partial charge in [-0.05, 0) is 41.8 Å². The van der Waals surface area contributed by atoms with Crippen LogP contribution in [0, 0.1) is 11.9 Å². The Hall–Kier alpha value is -2.13. The van der Waals surface area contributed by atoms with E-state index >= 15 is 0 Å². The molecule has 3 aromatic rings. The molecule has 0 unspecified atom stereocenters. The van der Waals surface area contributed by atoms with Gasteiger partial charge >= 0.3 is 0 Å². The number of halogens is 1. The van der Waals surface area contributed by atoms with Crippen LogP contribution in [0.5, 0.6) is 0 Å². The van der Waals surface area contributed by atoms with E-state index < -0.39 is 0 Å². The molecule has 0 amide bonds. The second-order valence-corrected chi connectivity index (χ2v) is 4.45. The molecule has 2 nitrogen and oxygen atoms in total. The van der Waals surface area contributed by atoms with Gasteiger partial charge in [-0.2, -0.15) is 0 Å². The highest BCUT2D eigenvalue weighted by Crippen LogP contribution is 2.25. The molecule has 1 radical (unpaired) electrons. The maximum atomic E-state index is 12.9. The van der Waals surface area contributed by atoms with Crippen molar-refractivity contribution in [1.29, 1.82) is 0 Å². The second-order valence-electron chi connectivity index (χ2n) is 4.45. The minimum atomic E-state index is -0.249. The highest BCUT2D eigenvalue weighted by molar-refractivity contribution is 5.87. The number of para-hydroxylation sites is 1. The third-order valence-corrected chi connectivity index (χ3v) is 3.17. The minimum absolute atomic E-state index is 0.115. The molecule has 2 aromatic carbocycles. The normalized spacial score (nSPS) is 11.1. The van der Waals surface area contributed by atoms with Crippen LogP contribution in [0.3, 0.4) is 0 Å². The van der Waals surface area contributed by atoms with Gasteiger partial charge in [-0.1, -0.05) is 18.2 Å². The van der Waals surface area contributed by atoms with E-state index in [1.165, 1.54) is 12.1 Å². The number of hydrogen-bond donors (Lipinski definition) is 2. The zero-order valence-corrected chi connectivity index (χ0v) is 10.3. The lowest BCUT2D eigenvalue weighted by atomic mass is 10.1. The molecule has 0 spiro atoms. The molecule has 0 bridgehead atoms. The van der Waals surface area contributed by atoms with Crippen LogP contribution in [0.2, 0.25) is 0 Å². The number of H-pyrrole nitrogens is 1. The van der Waals surface area contributed by atoms with E-state index in [0.29, 0.717) is 6.42 Å². The molecule has 95 valence electrons. The van der Waals surface area contributed by atoms with E-state index in [1.807, 2.05) is 18.2 Å². The Morgan fingerprint density at radius 3 is 2.63 bits per heavy atom. The van der Waals surface area contributed by atoms with Gasteiger partial charge in [-0.25, -0.2) is 4.39 Å². The lowest BCUT2D eigenvalue weighted by molar-refractivity contribution is 0.300. The Morgan fingerprint density at radius 2 is 1.89 bits per heavy atom. The number of hydrogen-bond acceptors (Lipinski definition) is 1. The summed E-state index contributed by atoms with van der Waals surface area (Å²) in [5.41, 5.74) is 3.77. The molecule has 0 fully saturated rings. The van der Waals surface area contributed by atoms with Crippen molar-refractivity contribution >= 4 is 10.9 Å². The van der Waals surface area contributed by atoms with Gasteiger partial charge in [0, 0.05) is 23.6 Å². The summed E-state index contributed by atoms with van der Waals surface area (Å²) in [4.78, 5) is 3.30. The maximum Gasteiger partial charge on any atom is 0.123 e. The Kier molecular flexibility index (Phi) is 3.05. The topological polar surface area (TPSA) is 36.0 Å². The molecule has 0 saturated carbocycles. The predicted octanol–water partition coefficient (Wildman–Crippen LogP) is 3.31. The number of rotatable bonds is 3. The van der Waals surface area contributed by atoms with Crippen molar-refractivity contribution in [2.24, 2.45) is 0 Å². The van der Waals surface area contributed by atoms with Crippen LogP contribution in [0.15, 0.2) is 42.5 Å². The lowest BCUT2D eigenvalue weighted by Crippen LogP contribution is -1.91. The Morgan fingerprint density at radius 1 is 1.11 bits per heavy atom. The van der Waals surface area contributed by atoms with Crippen molar-refractivity contribution in [2.45, 2.75) is 6.42 Å². The summed E-state index contributed by atoms with van der Waals surface area (Å²) in [6.45, 7) is 0.115. The number of aliphatic hydroxyl groups excluding tert-OH is 1. The van der Waals surface area contributed by atoms with Crippen LogP contribution in [0.1, 0.15) is 5.56 Å². The smallest absolute Gasteiger partial charge is 0.123 e. The van der Waals surface area contributed by atoms with Gasteiger partial charge in [-0.3, -0.25) is 0 Å². The summed E-state index contributed by atoms with van der Waals surface area (Å²) in [6.07, 6.45) is 0.606. The first-order valence-corrected chi connectivity index (χ1v) is 6.17. The first kappa shape index (κ1) is 11.9. The number of aliphatic hydroxyl groups is 1. The second kappa shape index (κ2) is 4.86. The van der Waals surface area contributed by atoms with Gasteiger partial charge in [0.2, 0.25) is 0 Å². The maximum absolute atomic E-state index is 12.9. The molecule has 3 rings (SSSR count). The van der Waals surface area contributed by atoms with E-state index in [0.717, 1.165) is 27.7 Å². The van der Waals surface area contributed by atoms with E-state index in [1.54, 1.807) is 12.1 Å². The van der Waals surface area contributed by atoms with Gasteiger partial charge in [0.05, 0.1) is 5.69 Å². The lowest BCUT2D eigenvalue weighted by Gasteiger charge is -2.00. The summed E-state index contributed by atoms with van der Waals surface area (Å²) >= 11 is 0. The van der Waals surface area contributed by atoms with Gasteiger partial charge < -0.3 is 10.1 Å². The Bertz CT molecular complexity index is 700. The zero-order chi connectivity index (χ0) is 13.2. The van der Waals surface area contributed by atoms with Crippen molar-refractivity contribution in [1.82, 2.24) is 4.98 Å². The standard InChI is InChI=1S/C16H13FNO/c17-14-6-4-11(5-7-14)15-10-13-3-1-2-12(8-9-19)16(13)18-15/h1-7,18-19H,8-9H2. The average molecular weight is 254 g/mol. The molecule has 19 heavy (non-hydrogen) atoms. The Labute approximate surface area is 110 Å². The largest absolute Gasteiger partial charge is 0.396 e. The summed E-state index contributed by atoms with van der Waals surface area (Å²) in [5, 5.41) is 10.0. The first-order chi connectivity index (χ1) is 9.28. The predicted molar refractivity (Wildman–Crippen MR) is 73.3 cm³/mol. The quantitative estimate of drug-likeness (QED) is 0.739. The molecule has 1 aromatic heterocycles. The van der Waals surface area contributed by atoms with Crippen molar-refractivity contribution in [2.75, 3.05) is 6.61 Å². The number of benzene rings is 2. The van der Waals surface area contributed by atoms with Gasteiger partial charge in [0.1, 0.15) is 5.82 Å². The number of fused-ring (bicyclic) bond motifs is 1. The molecule has 0 atom stereocenters. The number of aromatic amines is 1. The highest BCUT2D eigenvalue weighted by Gasteiger charge is 2.07. The molecule has 0 aliphatic carbocycles. The van der Waals surface area contributed by atoms with Crippen LogP contribution < -0.4 is 0 Å². The van der Waals surface area contributed by atoms with Gasteiger partial charge in [0.15, 0.2) is 0 Å². The fourth-order valence-corrected chi connectivity index (χ4v) is 2.23. The molecule has 0 aliphatic heterocycles. The fourth-order valence-electron chi connectivity index (χ4n) is 2.23. The summed E-state index contributed by atoms with van der Waals surface area (Å²) in [6, 6.07) is 15.5. The molecule has 0 saturated heterocycles. The molecule has 1 heterocycles. The first-order valence-electron chi connectivity index (χ1n) is 6.17. The van der Waals surface area contributed by atoms with E-state index in [-0.39, 0.29) is 12.4 Å². The summed E-state index contributed by atoms with van der Waals surface area (Å²) in [7, 11) is 0. The van der Waals surface area contributed by atoms with E-state index in [2.05, 4.69) is 11.1 Å². The number of nitrogens with one attached hydrogen (secondary N) is 1. The molecule has 2 N–H and O–H groups in total. The zero-order valence-electron chi connectivity index (χ0n) is 10.3. The van der Waals surface area contributed by atoms with Crippen LogP contribution in [-0.4, -0.2) is 16.7 Å². The highest BCUT2D eigenvalue weighted by atomic mass is 19.1. The van der Waals surface area contributed by atoms with E-state index in [4.69, 9.17) is 5.11 Å². The monoisotopic (exact) mass is 254 g/mol. The summed E-state index contributed by atoms with van der Waals surface area (Å²) in [5.74, 6) is -0.249. The van der Waals surface area contributed by atoms with Crippen molar-refractivity contribution in [3.63, 3.8) is 0 Å². The minimum Gasteiger partial charge on any atom is -0.396 e. The molecule has 3 heteroatoms. The third-order valence-electron chi connectivity index (χ3n) is 3.17. The van der Waals surface area contributed by atoms with Crippen LogP contribution in [0.25, 0.3) is 22.2 Å². The molecular weight excluding hydrogens is 241 g/mol. The Balaban J connectivity index is 2.11. The average Bonchev–Trinajstić information content (AvgIpc) is 2.85. The van der Waals surface area contributed by atoms with Crippen LogP contribution in [0.4, 0.5) is 4.39 Å². The fraction of sp³-hybridized carbons (Fsp3) is 0.125. The van der Waals surface area contributed by atoms with Crippen molar-refractivity contribution in [3.05, 3.63) is 59.9 Å². The SMILES string of the molecule is OCCc1cccc2[c]c(-c3ccc(F)cc3)[nH]c12.